The van der Waals surface area contributed by atoms with Crippen molar-refractivity contribution in [3.63, 3.8) is 0 Å². The lowest BCUT2D eigenvalue weighted by Gasteiger charge is -2.42. The number of methoxy groups -OCH3 is 2. The Kier molecular flexibility index (Phi) is 5.78. The first-order valence-corrected chi connectivity index (χ1v) is 7.20. The molecule has 1 aliphatic rings. The molecule has 116 valence electrons. The smallest absolute Gasteiger partial charge is 0.331 e. The third-order valence-corrected chi connectivity index (χ3v) is 4.30. The van der Waals surface area contributed by atoms with E-state index < -0.39 is 0 Å². The van der Waals surface area contributed by atoms with Crippen molar-refractivity contribution >= 4 is 5.97 Å². The summed E-state index contributed by atoms with van der Waals surface area (Å²) in [5, 5.41) is 0. The summed E-state index contributed by atoms with van der Waals surface area (Å²) in [6, 6.07) is 0. The predicted molar refractivity (Wildman–Crippen MR) is 78.4 cm³/mol. The van der Waals surface area contributed by atoms with Crippen molar-refractivity contribution in [1.29, 1.82) is 0 Å². The Morgan fingerprint density at radius 2 is 1.80 bits per heavy atom. The van der Waals surface area contributed by atoms with Gasteiger partial charge in [-0.1, -0.05) is 34.6 Å². The Bertz CT molecular complexity index is 359. The van der Waals surface area contributed by atoms with Gasteiger partial charge in [-0.2, -0.15) is 0 Å². The van der Waals surface area contributed by atoms with Crippen LogP contribution in [0.15, 0.2) is 12.2 Å². The van der Waals surface area contributed by atoms with Crippen LogP contribution in [-0.2, 0) is 19.0 Å². The number of hydrogen-bond donors (Lipinski definition) is 0. The zero-order valence-corrected chi connectivity index (χ0v) is 13.7. The number of ether oxygens (including phenoxy) is 3. The van der Waals surface area contributed by atoms with Gasteiger partial charge in [-0.25, -0.2) is 4.79 Å². The molecule has 0 aromatic rings. The van der Waals surface area contributed by atoms with Gasteiger partial charge in [0.2, 0.25) is 0 Å². The molecule has 0 amide bonds. The molecule has 0 saturated heterocycles. The summed E-state index contributed by atoms with van der Waals surface area (Å²) >= 11 is 0. The van der Waals surface area contributed by atoms with Crippen LogP contribution in [0.4, 0.5) is 0 Å². The van der Waals surface area contributed by atoms with Gasteiger partial charge in [0.1, 0.15) is 6.10 Å². The monoisotopic (exact) mass is 284 g/mol. The van der Waals surface area contributed by atoms with Crippen molar-refractivity contribution < 1.29 is 19.0 Å². The van der Waals surface area contributed by atoms with Crippen LogP contribution in [-0.4, -0.2) is 38.5 Å². The summed E-state index contributed by atoms with van der Waals surface area (Å²) < 4.78 is 16.7. The number of cyclic esters (lactones) is 1. The van der Waals surface area contributed by atoms with E-state index >= 15 is 0 Å². The Morgan fingerprint density at radius 1 is 1.20 bits per heavy atom. The lowest BCUT2D eigenvalue weighted by Crippen LogP contribution is -2.49. The van der Waals surface area contributed by atoms with E-state index in [9.17, 15) is 4.79 Å². The Hall–Kier alpha value is -0.870. The molecule has 0 radical (unpaired) electrons. The highest BCUT2D eigenvalue weighted by atomic mass is 16.6. The van der Waals surface area contributed by atoms with Gasteiger partial charge in [0.05, 0.1) is 12.2 Å². The molecule has 0 aliphatic carbocycles. The molecule has 4 nitrogen and oxygen atoms in total. The molecule has 1 heterocycles. The number of carbonyl (C=O) groups excluding carboxylic acids is 1. The molecular weight excluding hydrogens is 256 g/mol. The Balaban J connectivity index is 2.93. The summed E-state index contributed by atoms with van der Waals surface area (Å²) in [5.41, 5.74) is -0.317. The third kappa shape index (κ3) is 3.41. The largest absolute Gasteiger partial charge is 0.454 e. The molecule has 0 unspecified atom stereocenters. The topological polar surface area (TPSA) is 44.8 Å². The van der Waals surface area contributed by atoms with Gasteiger partial charge in [-0.15, -0.1) is 0 Å². The molecule has 0 saturated carbocycles. The predicted octanol–water partition coefficient (Wildman–Crippen LogP) is 2.82. The molecule has 4 heteroatoms. The molecule has 0 bridgehead atoms. The van der Waals surface area contributed by atoms with Gasteiger partial charge in [0.25, 0.3) is 0 Å². The molecule has 1 rings (SSSR count). The second kappa shape index (κ2) is 6.72. The maximum atomic E-state index is 11.3. The number of esters is 1. The van der Waals surface area contributed by atoms with Crippen LogP contribution >= 0.6 is 0 Å². The van der Waals surface area contributed by atoms with E-state index in [0.29, 0.717) is 5.92 Å². The lowest BCUT2D eigenvalue weighted by atomic mass is 9.72. The highest BCUT2D eigenvalue weighted by molar-refractivity contribution is 5.84. The molecule has 0 spiro atoms. The van der Waals surface area contributed by atoms with Crippen LogP contribution in [0, 0.1) is 17.3 Å². The van der Waals surface area contributed by atoms with Gasteiger partial charge in [0.15, 0.2) is 0 Å². The van der Waals surface area contributed by atoms with E-state index in [1.54, 1.807) is 14.2 Å². The first-order valence-electron chi connectivity index (χ1n) is 7.20. The second-order valence-corrected chi connectivity index (χ2v) is 6.50. The van der Waals surface area contributed by atoms with Crippen molar-refractivity contribution in [2.75, 3.05) is 14.2 Å². The molecule has 0 aromatic heterocycles. The Morgan fingerprint density at radius 3 is 2.15 bits per heavy atom. The van der Waals surface area contributed by atoms with Crippen LogP contribution in [0.2, 0.25) is 0 Å². The van der Waals surface area contributed by atoms with Crippen molar-refractivity contribution in [2.45, 2.75) is 52.9 Å². The standard InChI is InChI=1S/C16H28O4/c1-10(2)14(18-6)11(3)15(19-7)16(4,5)12-8-9-13(17)20-12/h8-12,14-15H,1-7H3/t11-,12-,14+,15+/m0/s1. The quantitative estimate of drug-likeness (QED) is 0.674. The van der Waals surface area contributed by atoms with Gasteiger partial charge < -0.3 is 14.2 Å². The van der Waals surface area contributed by atoms with Gasteiger partial charge in [-0.3, -0.25) is 0 Å². The minimum Gasteiger partial charge on any atom is -0.454 e. The maximum Gasteiger partial charge on any atom is 0.331 e. The molecule has 4 atom stereocenters. The molecule has 0 aromatic carbocycles. The van der Waals surface area contributed by atoms with E-state index in [1.807, 2.05) is 6.08 Å². The van der Waals surface area contributed by atoms with Crippen LogP contribution in [0.3, 0.4) is 0 Å². The number of rotatable bonds is 7. The minimum atomic E-state index is -0.317. The average Bonchev–Trinajstić information content (AvgIpc) is 2.77. The fraction of sp³-hybridized carbons (Fsp3) is 0.812. The zero-order chi connectivity index (χ0) is 15.5. The number of hydrogen-bond acceptors (Lipinski definition) is 4. The van der Waals surface area contributed by atoms with Gasteiger partial charge in [-0.05, 0) is 12.0 Å². The molecule has 0 fully saturated rings. The highest BCUT2D eigenvalue weighted by Gasteiger charge is 2.45. The van der Waals surface area contributed by atoms with E-state index in [0.717, 1.165) is 0 Å². The van der Waals surface area contributed by atoms with Crippen molar-refractivity contribution in [3.8, 4) is 0 Å². The molecule has 1 aliphatic heterocycles. The summed E-state index contributed by atoms with van der Waals surface area (Å²) in [7, 11) is 3.44. The van der Waals surface area contributed by atoms with Crippen molar-refractivity contribution in [3.05, 3.63) is 12.2 Å². The fourth-order valence-electron chi connectivity index (χ4n) is 3.39. The van der Waals surface area contributed by atoms with E-state index in [4.69, 9.17) is 14.2 Å². The van der Waals surface area contributed by atoms with Gasteiger partial charge >= 0.3 is 5.97 Å². The normalized spacial score (nSPS) is 23.8. The highest BCUT2D eigenvalue weighted by Crippen LogP contribution is 2.38. The van der Waals surface area contributed by atoms with Crippen LogP contribution in [0.1, 0.15) is 34.6 Å². The van der Waals surface area contributed by atoms with Crippen molar-refractivity contribution in [2.24, 2.45) is 17.3 Å². The second-order valence-electron chi connectivity index (χ2n) is 6.50. The first-order chi connectivity index (χ1) is 9.25. The molecular formula is C16H28O4. The Labute approximate surface area is 122 Å². The minimum absolute atomic E-state index is 0.0737. The van der Waals surface area contributed by atoms with E-state index in [-0.39, 0.29) is 35.6 Å². The summed E-state index contributed by atoms with van der Waals surface area (Å²) in [5.74, 6) is 0.301. The average molecular weight is 284 g/mol. The van der Waals surface area contributed by atoms with Gasteiger partial charge in [0, 0.05) is 31.6 Å². The van der Waals surface area contributed by atoms with Crippen LogP contribution < -0.4 is 0 Å². The third-order valence-electron chi connectivity index (χ3n) is 4.30. The van der Waals surface area contributed by atoms with Crippen LogP contribution in [0.25, 0.3) is 0 Å². The lowest BCUT2D eigenvalue weighted by molar-refractivity contribution is -0.154. The summed E-state index contributed by atoms with van der Waals surface area (Å²) in [6.07, 6.45) is 3.07. The van der Waals surface area contributed by atoms with E-state index in [1.165, 1.54) is 6.08 Å². The molecule has 0 N–H and O–H groups in total. The first kappa shape index (κ1) is 17.2. The number of carbonyl (C=O) groups is 1. The SMILES string of the molecule is CO[C@H](C(C)C)[C@H](C)[C@@H](OC)C(C)(C)[C@@H]1C=CC(=O)O1. The maximum absolute atomic E-state index is 11.3. The summed E-state index contributed by atoms with van der Waals surface area (Å²) in [4.78, 5) is 11.3. The van der Waals surface area contributed by atoms with E-state index in [2.05, 4.69) is 34.6 Å². The fourth-order valence-corrected chi connectivity index (χ4v) is 3.39. The van der Waals surface area contributed by atoms with Crippen LogP contribution in [0.5, 0.6) is 0 Å². The van der Waals surface area contributed by atoms with Crippen molar-refractivity contribution in [1.82, 2.24) is 0 Å². The molecule has 20 heavy (non-hydrogen) atoms. The summed E-state index contributed by atoms with van der Waals surface area (Å²) in [6.45, 7) is 10.5. The zero-order valence-electron chi connectivity index (χ0n) is 13.7.